The van der Waals surface area contributed by atoms with Gasteiger partial charge in [-0.25, -0.2) is 4.98 Å². The van der Waals surface area contributed by atoms with Crippen molar-refractivity contribution in [3.63, 3.8) is 0 Å². The van der Waals surface area contributed by atoms with Crippen molar-refractivity contribution in [2.24, 2.45) is 0 Å². The second-order valence-electron chi connectivity index (χ2n) is 4.92. The number of hydrogen-bond acceptors (Lipinski definition) is 5. The SMILES string of the molecule is COc1cc(C=Cc2c(I)ccnc2OC)c([N+](=O)[O-])cc1C(F)(F)F. The normalized spacial score (nSPS) is 11.6. The van der Waals surface area contributed by atoms with Crippen molar-refractivity contribution >= 4 is 40.4 Å². The van der Waals surface area contributed by atoms with Gasteiger partial charge in [0, 0.05) is 15.8 Å². The van der Waals surface area contributed by atoms with Crippen LogP contribution in [0.15, 0.2) is 24.4 Å². The van der Waals surface area contributed by atoms with E-state index in [0.29, 0.717) is 11.6 Å². The molecule has 0 radical (unpaired) electrons. The molecule has 0 aliphatic carbocycles. The van der Waals surface area contributed by atoms with Crippen LogP contribution in [0.3, 0.4) is 0 Å². The van der Waals surface area contributed by atoms with Gasteiger partial charge in [-0.15, -0.1) is 0 Å². The summed E-state index contributed by atoms with van der Waals surface area (Å²) in [6.07, 6.45) is -0.438. The van der Waals surface area contributed by atoms with E-state index in [1.807, 2.05) is 22.6 Å². The highest BCUT2D eigenvalue weighted by atomic mass is 127. The van der Waals surface area contributed by atoms with Gasteiger partial charge in [-0.05, 0) is 46.9 Å². The number of rotatable bonds is 5. The fourth-order valence-corrected chi connectivity index (χ4v) is 2.76. The average molecular weight is 480 g/mol. The smallest absolute Gasteiger partial charge is 0.420 e. The maximum Gasteiger partial charge on any atom is 0.420 e. The monoisotopic (exact) mass is 480 g/mol. The Balaban J connectivity index is 2.61. The van der Waals surface area contributed by atoms with Crippen LogP contribution in [-0.4, -0.2) is 24.1 Å². The van der Waals surface area contributed by atoms with Crippen molar-refractivity contribution in [1.82, 2.24) is 4.98 Å². The largest absolute Gasteiger partial charge is 0.496 e. The van der Waals surface area contributed by atoms with Crippen LogP contribution in [-0.2, 0) is 6.18 Å². The number of aromatic nitrogens is 1. The molecule has 26 heavy (non-hydrogen) atoms. The second-order valence-corrected chi connectivity index (χ2v) is 6.08. The minimum atomic E-state index is -4.78. The number of halogens is 4. The summed E-state index contributed by atoms with van der Waals surface area (Å²) >= 11 is 2.03. The first-order chi connectivity index (χ1) is 12.2. The molecule has 2 rings (SSSR count). The highest BCUT2D eigenvalue weighted by Gasteiger charge is 2.37. The summed E-state index contributed by atoms with van der Waals surface area (Å²) < 4.78 is 49.8. The number of hydrogen-bond donors (Lipinski definition) is 0. The van der Waals surface area contributed by atoms with Crippen molar-refractivity contribution in [3.05, 3.63) is 54.8 Å². The van der Waals surface area contributed by atoms with Crippen molar-refractivity contribution in [2.75, 3.05) is 14.2 Å². The molecule has 0 aliphatic heterocycles. The lowest BCUT2D eigenvalue weighted by molar-refractivity contribution is -0.385. The van der Waals surface area contributed by atoms with Gasteiger partial charge in [-0.3, -0.25) is 10.1 Å². The maximum atomic E-state index is 13.1. The number of alkyl halides is 3. The van der Waals surface area contributed by atoms with Crippen LogP contribution in [0, 0.1) is 13.7 Å². The Labute approximate surface area is 159 Å². The van der Waals surface area contributed by atoms with Crippen LogP contribution in [0.2, 0.25) is 0 Å². The van der Waals surface area contributed by atoms with Crippen molar-refractivity contribution < 1.29 is 27.6 Å². The topological polar surface area (TPSA) is 74.5 Å². The van der Waals surface area contributed by atoms with E-state index in [0.717, 1.165) is 16.7 Å². The molecule has 1 aromatic heterocycles. The summed E-state index contributed by atoms with van der Waals surface area (Å²) in [6, 6.07) is 3.14. The van der Waals surface area contributed by atoms with Crippen LogP contribution in [0.4, 0.5) is 18.9 Å². The standard InChI is InChI=1S/C16H12F3IN2O4/c1-25-14-7-9(13(22(23)24)8-11(14)16(17,18)19)3-4-10-12(20)5-6-21-15(10)26-2/h3-8H,1-2H3. The van der Waals surface area contributed by atoms with Crippen LogP contribution < -0.4 is 9.47 Å². The molecule has 0 saturated carbocycles. The molecular weight excluding hydrogens is 468 g/mol. The molecule has 0 saturated heterocycles. The zero-order valence-corrected chi connectivity index (χ0v) is 15.7. The van der Waals surface area contributed by atoms with E-state index in [1.54, 1.807) is 6.07 Å². The van der Waals surface area contributed by atoms with E-state index in [9.17, 15) is 23.3 Å². The molecule has 0 bridgehead atoms. The van der Waals surface area contributed by atoms with E-state index < -0.39 is 28.1 Å². The zero-order chi connectivity index (χ0) is 19.5. The number of nitro groups is 1. The zero-order valence-electron chi connectivity index (χ0n) is 13.5. The van der Waals surface area contributed by atoms with Gasteiger partial charge in [0.2, 0.25) is 5.88 Å². The van der Waals surface area contributed by atoms with Crippen LogP contribution in [0.1, 0.15) is 16.7 Å². The summed E-state index contributed by atoms with van der Waals surface area (Å²) in [5, 5.41) is 11.2. The first-order valence-electron chi connectivity index (χ1n) is 6.99. The lowest BCUT2D eigenvalue weighted by atomic mass is 10.1. The third-order valence-corrected chi connectivity index (χ3v) is 4.31. The quantitative estimate of drug-likeness (QED) is 0.349. The number of pyridine rings is 1. The highest BCUT2D eigenvalue weighted by molar-refractivity contribution is 14.1. The molecule has 1 aromatic carbocycles. The Bertz CT molecular complexity index is 869. The summed E-state index contributed by atoms with van der Waals surface area (Å²) in [5.74, 6) is -0.217. The van der Waals surface area contributed by atoms with Gasteiger partial charge in [0.25, 0.3) is 5.69 Å². The summed E-state index contributed by atoms with van der Waals surface area (Å²) in [7, 11) is 2.48. The Kier molecular flexibility index (Phi) is 6.05. The second kappa shape index (κ2) is 7.89. The predicted octanol–water partition coefficient (Wildman–Crippen LogP) is 4.80. The summed E-state index contributed by atoms with van der Waals surface area (Å²) in [5.41, 5.74) is -1.39. The molecule has 2 aromatic rings. The molecule has 138 valence electrons. The predicted molar refractivity (Wildman–Crippen MR) is 97.1 cm³/mol. The van der Waals surface area contributed by atoms with Crippen molar-refractivity contribution in [2.45, 2.75) is 6.18 Å². The van der Waals surface area contributed by atoms with E-state index in [1.165, 1.54) is 25.5 Å². The molecule has 0 amide bonds. The van der Waals surface area contributed by atoms with E-state index in [4.69, 9.17) is 9.47 Å². The van der Waals surface area contributed by atoms with Gasteiger partial charge < -0.3 is 9.47 Å². The molecule has 0 fully saturated rings. The Hall–Kier alpha value is -2.37. The highest BCUT2D eigenvalue weighted by Crippen LogP contribution is 2.40. The van der Waals surface area contributed by atoms with Crippen molar-refractivity contribution in [1.29, 1.82) is 0 Å². The molecule has 0 unspecified atom stereocenters. The fourth-order valence-electron chi connectivity index (χ4n) is 2.18. The van der Waals surface area contributed by atoms with Gasteiger partial charge in [0.1, 0.15) is 11.3 Å². The van der Waals surface area contributed by atoms with Gasteiger partial charge in [0.05, 0.1) is 30.3 Å². The Morgan fingerprint density at radius 2 is 1.92 bits per heavy atom. The van der Waals surface area contributed by atoms with Gasteiger partial charge >= 0.3 is 6.18 Å². The Morgan fingerprint density at radius 1 is 1.23 bits per heavy atom. The summed E-state index contributed by atoms with van der Waals surface area (Å²) in [4.78, 5) is 14.4. The fraction of sp³-hybridized carbons (Fsp3) is 0.188. The third kappa shape index (κ3) is 4.23. The van der Waals surface area contributed by atoms with Gasteiger partial charge in [0.15, 0.2) is 0 Å². The molecule has 0 spiro atoms. The van der Waals surface area contributed by atoms with Gasteiger partial charge in [-0.2, -0.15) is 13.2 Å². The first-order valence-corrected chi connectivity index (χ1v) is 8.07. The van der Waals surface area contributed by atoms with E-state index >= 15 is 0 Å². The number of nitro benzene ring substituents is 1. The van der Waals surface area contributed by atoms with Crippen molar-refractivity contribution in [3.8, 4) is 11.6 Å². The van der Waals surface area contributed by atoms with E-state index in [-0.39, 0.29) is 11.4 Å². The first kappa shape index (κ1) is 19.9. The number of ether oxygens (including phenoxy) is 2. The number of benzene rings is 1. The molecule has 0 atom stereocenters. The number of nitrogens with zero attached hydrogens (tertiary/aromatic N) is 2. The maximum absolute atomic E-state index is 13.1. The minimum absolute atomic E-state index is 0.0402. The molecule has 0 N–H and O–H groups in total. The molecule has 10 heteroatoms. The van der Waals surface area contributed by atoms with Crippen LogP contribution in [0.25, 0.3) is 12.2 Å². The molecule has 0 aliphatic rings. The van der Waals surface area contributed by atoms with Crippen LogP contribution >= 0.6 is 22.6 Å². The van der Waals surface area contributed by atoms with E-state index in [2.05, 4.69) is 4.98 Å². The third-order valence-electron chi connectivity index (χ3n) is 3.37. The lowest BCUT2D eigenvalue weighted by Crippen LogP contribution is -2.09. The van der Waals surface area contributed by atoms with Gasteiger partial charge in [-0.1, -0.05) is 0 Å². The summed E-state index contributed by atoms with van der Waals surface area (Å²) in [6.45, 7) is 0. The minimum Gasteiger partial charge on any atom is -0.496 e. The molecular formula is C16H12F3IN2O4. The molecule has 1 heterocycles. The lowest BCUT2D eigenvalue weighted by Gasteiger charge is -2.13. The number of methoxy groups -OCH3 is 2. The van der Waals surface area contributed by atoms with Crippen LogP contribution in [0.5, 0.6) is 11.6 Å². The Morgan fingerprint density at radius 3 is 2.46 bits per heavy atom. The molecule has 6 nitrogen and oxygen atoms in total. The average Bonchev–Trinajstić information content (AvgIpc) is 2.58.